The zero-order chi connectivity index (χ0) is 24.3. The van der Waals surface area contributed by atoms with Crippen molar-refractivity contribution in [1.29, 1.82) is 0 Å². The molecule has 3 heterocycles. The van der Waals surface area contributed by atoms with E-state index in [2.05, 4.69) is 39.6 Å². The highest BCUT2D eigenvalue weighted by molar-refractivity contribution is 7.89. The van der Waals surface area contributed by atoms with Crippen molar-refractivity contribution in [3.05, 3.63) is 109 Å². The molecule has 0 aliphatic carbocycles. The number of benzene rings is 2. The van der Waals surface area contributed by atoms with E-state index in [1.54, 1.807) is 18.6 Å². The van der Waals surface area contributed by atoms with E-state index in [1.807, 2.05) is 54.6 Å². The number of fused-ring (bicyclic) bond motifs is 1. The third-order valence-electron chi connectivity index (χ3n) is 5.63. The maximum atomic E-state index is 11.8. The number of hydrogen-bond acceptors (Lipinski definition) is 6. The van der Waals surface area contributed by atoms with Gasteiger partial charge in [0.15, 0.2) is 9.84 Å². The van der Waals surface area contributed by atoms with E-state index in [-0.39, 0.29) is 5.75 Å². The van der Waals surface area contributed by atoms with Crippen LogP contribution in [0.5, 0.6) is 0 Å². The van der Waals surface area contributed by atoms with Crippen molar-refractivity contribution in [3.63, 3.8) is 0 Å². The van der Waals surface area contributed by atoms with Gasteiger partial charge >= 0.3 is 0 Å². The summed E-state index contributed by atoms with van der Waals surface area (Å²) in [4.78, 5) is 13.7. The average molecular weight is 481 g/mol. The minimum Gasteiger partial charge on any atom is -0.364 e. The van der Waals surface area contributed by atoms with Gasteiger partial charge in [-0.2, -0.15) is 0 Å². The Morgan fingerprint density at radius 3 is 2.46 bits per heavy atom. The lowest BCUT2D eigenvalue weighted by Gasteiger charge is -2.15. The van der Waals surface area contributed by atoms with Gasteiger partial charge in [-0.25, -0.2) is 13.4 Å². The number of aromatic nitrogens is 3. The summed E-state index contributed by atoms with van der Waals surface area (Å²) in [6.07, 6.45) is 6.29. The maximum absolute atomic E-state index is 11.8. The van der Waals surface area contributed by atoms with Crippen LogP contribution >= 0.6 is 0 Å². The summed E-state index contributed by atoms with van der Waals surface area (Å²) < 4.78 is 23.6. The van der Waals surface area contributed by atoms with Crippen LogP contribution in [0.2, 0.25) is 0 Å². The summed E-state index contributed by atoms with van der Waals surface area (Å²) in [5.41, 5.74) is 5.20. The average Bonchev–Trinajstić information content (AvgIpc) is 2.87. The number of nitrogens with zero attached hydrogens (tertiary/aromatic N) is 3. The highest BCUT2D eigenvalue weighted by Gasteiger charge is 2.14. The summed E-state index contributed by atoms with van der Waals surface area (Å²) in [5.74, 6) is 0.667. The smallest absolute Gasteiger partial charge is 0.151 e. The molecule has 7 heteroatoms. The zero-order valence-corrected chi connectivity index (χ0v) is 20.0. The Bertz CT molecular complexity index is 1590. The lowest BCUT2D eigenvalue weighted by atomic mass is 9.97. The summed E-state index contributed by atoms with van der Waals surface area (Å²) in [6, 6.07) is 26.1. The second-order valence-electron chi connectivity index (χ2n) is 8.45. The SMILES string of the molecule is CS(=O)(=O)Cc1cncc(-c2cc3cccc(-c4ccccc4)c3c(NCc3ccccn3)n2)c1. The third-order valence-corrected chi connectivity index (χ3v) is 6.48. The number of nitrogens with one attached hydrogen (secondary N) is 1. The first-order valence-electron chi connectivity index (χ1n) is 11.2. The molecule has 0 aliphatic heterocycles. The van der Waals surface area contributed by atoms with Crippen LogP contribution in [0.3, 0.4) is 0 Å². The molecule has 6 nitrogen and oxygen atoms in total. The van der Waals surface area contributed by atoms with Gasteiger partial charge in [-0.15, -0.1) is 0 Å². The minimum absolute atomic E-state index is 0.0651. The topological polar surface area (TPSA) is 84.8 Å². The summed E-state index contributed by atoms with van der Waals surface area (Å²) >= 11 is 0. The highest BCUT2D eigenvalue weighted by Crippen LogP contribution is 2.35. The molecule has 0 unspecified atom stereocenters. The second kappa shape index (κ2) is 9.64. The van der Waals surface area contributed by atoms with Crippen molar-refractivity contribution in [3.8, 4) is 22.4 Å². The van der Waals surface area contributed by atoms with Crippen LogP contribution in [0.25, 0.3) is 33.2 Å². The quantitative estimate of drug-likeness (QED) is 0.330. The van der Waals surface area contributed by atoms with Crippen molar-refractivity contribution in [2.24, 2.45) is 0 Å². The predicted molar refractivity (Wildman–Crippen MR) is 141 cm³/mol. The van der Waals surface area contributed by atoms with E-state index in [9.17, 15) is 8.42 Å². The first kappa shape index (κ1) is 22.7. The number of pyridine rings is 3. The first-order valence-corrected chi connectivity index (χ1v) is 13.3. The molecule has 174 valence electrons. The second-order valence-corrected chi connectivity index (χ2v) is 10.6. The van der Waals surface area contributed by atoms with Crippen molar-refractivity contribution >= 4 is 26.4 Å². The van der Waals surface area contributed by atoms with Crippen LogP contribution in [0.4, 0.5) is 5.82 Å². The molecule has 0 radical (unpaired) electrons. The summed E-state index contributed by atoms with van der Waals surface area (Å²) in [6.45, 7) is 0.516. The Kier molecular flexibility index (Phi) is 6.25. The molecule has 0 aliphatic rings. The third kappa shape index (κ3) is 5.36. The number of anilines is 1. The molecule has 2 aromatic carbocycles. The molecule has 35 heavy (non-hydrogen) atoms. The Hall–Kier alpha value is -4.10. The normalized spacial score (nSPS) is 11.5. The van der Waals surface area contributed by atoms with Gasteiger partial charge in [-0.05, 0) is 46.3 Å². The van der Waals surface area contributed by atoms with Gasteiger partial charge in [-0.1, -0.05) is 54.6 Å². The molecule has 5 aromatic rings. The van der Waals surface area contributed by atoms with Crippen LogP contribution in [0.1, 0.15) is 11.3 Å². The fourth-order valence-electron chi connectivity index (χ4n) is 4.13. The van der Waals surface area contributed by atoms with Crippen molar-refractivity contribution in [2.75, 3.05) is 11.6 Å². The van der Waals surface area contributed by atoms with Crippen molar-refractivity contribution in [2.45, 2.75) is 12.3 Å². The highest BCUT2D eigenvalue weighted by atomic mass is 32.2. The van der Waals surface area contributed by atoms with Gasteiger partial charge in [0.25, 0.3) is 0 Å². The van der Waals surface area contributed by atoms with Crippen molar-refractivity contribution in [1.82, 2.24) is 15.0 Å². The van der Waals surface area contributed by atoms with E-state index in [0.717, 1.165) is 39.0 Å². The van der Waals surface area contributed by atoms with Crippen LogP contribution in [-0.4, -0.2) is 29.6 Å². The molecular formula is C28H24N4O2S. The van der Waals surface area contributed by atoms with E-state index in [0.29, 0.717) is 17.8 Å². The minimum atomic E-state index is -3.17. The Morgan fingerprint density at radius 1 is 0.857 bits per heavy atom. The van der Waals surface area contributed by atoms with Gasteiger partial charge in [0, 0.05) is 35.8 Å². The molecule has 0 amide bonds. The van der Waals surface area contributed by atoms with Gasteiger partial charge in [0.2, 0.25) is 0 Å². The molecule has 0 spiro atoms. The standard InChI is InChI=1S/C28H24N4O2S/c1-35(33,34)19-20-14-23(17-29-16-20)26-15-22-10-7-12-25(21-8-3-2-4-9-21)27(22)28(32-26)31-18-24-11-5-6-13-30-24/h2-17H,18-19H2,1H3,(H,31,32). The maximum Gasteiger partial charge on any atom is 0.151 e. The molecule has 0 atom stereocenters. The fraction of sp³-hybridized carbons (Fsp3) is 0.107. The molecule has 3 aromatic heterocycles. The fourth-order valence-corrected chi connectivity index (χ4v) is 4.89. The van der Waals surface area contributed by atoms with Crippen LogP contribution in [0, 0.1) is 0 Å². The molecular weight excluding hydrogens is 456 g/mol. The molecule has 0 bridgehead atoms. The van der Waals surface area contributed by atoms with E-state index < -0.39 is 9.84 Å². The zero-order valence-electron chi connectivity index (χ0n) is 19.2. The summed E-state index contributed by atoms with van der Waals surface area (Å²) in [7, 11) is -3.17. The lowest BCUT2D eigenvalue weighted by Crippen LogP contribution is -2.05. The molecule has 5 rings (SSSR count). The van der Waals surface area contributed by atoms with E-state index in [4.69, 9.17) is 4.98 Å². The van der Waals surface area contributed by atoms with E-state index in [1.165, 1.54) is 6.26 Å². The van der Waals surface area contributed by atoms with Gasteiger partial charge in [0.1, 0.15) is 5.82 Å². The Balaban J connectivity index is 1.65. The van der Waals surface area contributed by atoms with Gasteiger partial charge in [0.05, 0.1) is 23.7 Å². The number of sulfone groups is 1. The van der Waals surface area contributed by atoms with E-state index >= 15 is 0 Å². The van der Waals surface area contributed by atoms with Gasteiger partial charge < -0.3 is 5.32 Å². The monoisotopic (exact) mass is 480 g/mol. The van der Waals surface area contributed by atoms with Gasteiger partial charge in [-0.3, -0.25) is 9.97 Å². The first-order chi connectivity index (χ1) is 17.0. The van der Waals surface area contributed by atoms with Crippen LogP contribution < -0.4 is 5.32 Å². The van der Waals surface area contributed by atoms with Crippen LogP contribution in [0.15, 0.2) is 97.5 Å². The molecule has 0 saturated carbocycles. The predicted octanol–water partition coefficient (Wildman–Crippen LogP) is 5.52. The number of hydrogen-bond donors (Lipinski definition) is 1. The Labute approximate surface area is 204 Å². The largest absolute Gasteiger partial charge is 0.364 e. The van der Waals surface area contributed by atoms with Crippen molar-refractivity contribution < 1.29 is 8.42 Å². The Morgan fingerprint density at radius 2 is 1.69 bits per heavy atom. The number of rotatable bonds is 7. The van der Waals surface area contributed by atoms with Crippen LogP contribution in [-0.2, 0) is 22.1 Å². The molecule has 0 fully saturated rings. The molecule has 0 saturated heterocycles. The lowest BCUT2D eigenvalue weighted by molar-refractivity contribution is 0.601. The molecule has 1 N–H and O–H groups in total. The summed E-state index contributed by atoms with van der Waals surface area (Å²) in [5, 5.41) is 5.52.